The van der Waals surface area contributed by atoms with Crippen LogP contribution in [0.2, 0.25) is 0 Å². The van der Waals surface area contributed by atoms with E-state index in [1.165, 1.54) is 15.8 Å². The Kier molecular flexibility index (Phi) is 3.61. The van der Waals surface area contributed by atoms with Gasteiger partial charge in [-0.1, -0.05) is 0 Å². The quantitative estimate of drug-likeness (QED) is 0.678. The Bertz CT molecular complexity index is 712. The van der Waals surface area contributed by atoms with E-state index in [1.807, 2.05) is 30.5 Å². The number of aromatic nitrogens is 1. The van der Waals surface area contributed by atoms with Crippen LogP contribution in [0.15, 0.2) is 60.8 Å². The number of fused-ring (bicyclic) bond motifs is 1. The summed E-state index contributed by atoms with van der Waals surface area (Å²) in [4.78, 5) is 4.47. The van der Waals surface area contributed by atoms with Crippen molar-refractivity contribution in [3.8, 4) is 0 Å². The third kappa shape index (κ3) is 3.02. The van der Waals surface area contributed by atoms with Crippen LogP contribution < -0.4 is 4.35 Å². The fourth-order valence-electron chi connectivity index (χ4n) is 2.02. The molecule has 0 saturated carbocycles. The van der Waals surface area contributed by atoms with Crippen LogP contribution in [0.4, 0.5) is 4.39 Å². The molecule has 3 rings (SSSR count). The normalized spacial score (nSPS) is 11.4. The standard InChI is InChI=1S/C16H13AsFN/c18-15-6-3-4-12(8-15)10-17-14-9-13-5-1-2-7-16(13)19-11-14/h1-9,11,17H,10H2. The van der Waals surface area contributed by atoms with E-state index in [1.54, 1.807) is 12.1 Å². The van der Waals surface area contributed by atoms with Crippen LogP contribution in [0.25, 0.3) is 10.9 Å². The van der Waals surface area contributed by atoms with Gasteiger partial charge in [0, 0.05) is 0 Å². The molecule has 0 fully saturated rings. The van der Waals surface area contributed by atoms with Gasteiger partial charge in [-0.05, 0) is 0 Å². The first-order valence-corrected chi connectivity index (χ1v) is 8.68. The number of halogens is 1. The minimum atomic E-state index is -0.311. The van der Waals surface area contributed by atoms with Crippen molar-refractivity contribution in [3.63, 3.8) is 0 Å². The molecule has 1 nitrogen and oxygen atoms in total. The summed E-state index contributed by atoms with van der Waals surface area (Å²) < 4.78 is 14.4. The summed E-state index contributed by atoms with van der Waals surface area (Å²) in [5.74, 6) is -0.152. The average Bonchev–Trinajstić information content (AvgIpc) is 2.45. The number of nitrogens with zero attached hydrogens (tertiary/aromatic N) is 1. The second-order valence-corrected chi connectivity index (χ2v) is 7.10. The van der Waals surface area contributed by atoms with Crippen molar-refractivity contribution >= 4 is 31.0 Å². The monoisotopic (exact) mass is 313 g/mol. The van der Waals surface area contributed by atoms with Gasteiger partial charge in [0.05, 0.1) is 0 Å². The average molecular weight is 313 g/mol. The second-order valence-electron chi connectivity index (χ2n) is 4.40. The molecule has 0 bridgehead atoms. The summed E-state index contributed by atoms with van der Waals surface area (Å²) >= 11 is -0.311. The van der Waals surface area contributed by atoms with E-state index in [2.05, 4.69) is 17.1 Å². The van der Waals surface area contributed by atoms with E-state index < -0.39 is 0 Å². The molecule has 19 heavy (non-hydrogen) atoms. The van der Waals surface area contributed by atoms with Gasteiger partial charge < -0.3 is 0 Å². The molecule has 1 heterocycles. The van der Waals surface area contributed by atoms with Crippen molar-refractivity contribution in [2.45, 2.75) is 5.21 Å². The van der Waals surface area contributed by atoms with E-state index in [-0.39, 0.29) is 21.6 Å². The fourth-order valence-corrected chi connectivity index (χ4v) is 4.20. The van der Waals surface area contributed by atoms with E-state index >= 15 is 0 Å². The first-order valence-electron chi connectivity index (χ1n) is 6.14. The van der Waals surface area contributed by atoms with Crippen molar-refractivity contribution in [1.82, 2.24) is 4.98 Å². The first-order chi connectivity index (χ1) is 9.31. The molecule has 0 aliphatic carbocycles. The van der Waals surface area contributed by atoms with Gasteiger partial charge in [0.1, 0.15) is 0 Å². The summed E-state index contributed by atoms with van der Waals surface area (Å²) in [5.41, 5.74) is 2.11. The Morgan fingerprint density at radius 3 is 2.79 bits per heavy atom. The predicted molar refractivity (Wildman–Crippen MR) is 78.6 cm³/mol. The van der Waals surface area contributed by atoms with Crippen LogP contribution >= 0.6 is 0 Å². The maximum absolute atomic E-state index is 13.1. The minimum absolute atomic E-state index is 0.152. The number of hydrogen-bond acceptors (Lipinski definition) is 1. The molecule has 0 saturated heterocycles. The molecule has 3 aromatic rings. The zero-order valence-electron chi connectivity index (χ0n) is 10.3. The molecule has 0 N–H and O–H groups in total. The Labute approximate surface area is 118 Å². The van der Waals surface area contributed by atoms with Gasteiger partial charge in [-0.2, -0.15) is 0 Å². The molecule has 1 aromatic heterocycles. The molecule has 0 amide bonds. The van der Waals surface area contributed by atoms with E-state index in [0.717, 1.165) is 16.3 Å². The van der Waals surface area contributed by atoms with Gasteiger partial charge in [-0.3, -0.25) is 0 Å². The summed E-state index contributed by atoms with van der Waals surface area (Å²) in [7, 11) is 0. The Hall–Kier alpha value is -1.66. The van der Waals surface area contributed by atoms with Crippen molar-refractivity contribution in [2.24, 2.45) is 0 Å². The molecular weight excluding hydrogens is 300 g/mol. The number of rotatable bonds is 3. The van der Waals surface area contributed by atoms with Gasteiger partial charge in [-0.15, -0.1) is 0 Å². The Morgan fingerprint density at radius 2 is 1.89 bits per heavy atom. The molecule has 94 valence electrons. The Balaban J connectivity index is 1.78. The molecule has 2 aromatic carbocycles. The summed E-state index contributed by atoms with van der Waals surface area (Å²) in [6.07, 6.45) is 1.96. The van der Waals surface area contributed by atoms with E-state index in [9.17, 15) is 4.39 Å². The predicted octanol–water partition coefficient (Wildman–Crippen LogP) is 2.64. The first kappa shape index (κ1) is 12.4. The SMILES string of the molecule is Fc1cccc(C[AsH]c2cnc3ccccc3c2)c1. The van der Waals surface area contributed by atoms with Gasteiger partial charge in [0.15, 0.2) is 0 Å². The van der Waals surface area contributed by atoms with Crippen molar-refractivity contribution in [1.29, 1.82) is 0 Å². The Morgan fingerprint density at radius 1 is 1.00 bits per heavy atom. The molecule has 1 atom stereocenters. The summed E-state index contributed by atoms with van der Waals surface area (Å²) in [5, 5.41) is 2.14. The molecular formula is C16H13AsFN. The summed E-state index contributed by atoms with van der Waals surface area (Å²) in [6, 6.07) is 17.2. The maximum atomic E-state index is 13.1. The van der Waals surface area contributed by atoms with E-state index in [4.69, 9.17) is 0 Å². The van der Waals surface area contributed by atoms with Gasteiger partial charge in [0.2, 0.25) is 0 Å². The zero-order chi connectivity index (χ0) is 13.1. The van der Waals surface area contributed by atoms with Crippen LogP contribution in [-0.2, 0) is 5.21 Å². The number of hydrogen-bond donors (Lipinski definition) is 0. The van der Waals surface area contributed by atoms with Gasteiger partial charge in [0.25, 0.3) is 0 Å². The third-order valence-electron chi connectivity index (χ3n) is 2.98. The second kappa shape index (κ2) is 5.54. The van der Waals surface area contributed by atoms with Crippen LogP contribution in [0.3, 0.4) is 0 Å². The molecule has 0 spiro atoms. The molecule has 0 aliphatic heterocycles. The number of pyridine rings is 1. The topological polar surface area (TPSA) is 12.9 Å². The van der Waals surface area contributed by atoms with Crippen LogP contribution in [-0.4, -0.2) is 20.7 Å². The zero-order valence-corrected chi connectivity index (χ0v) is 12.4. The molecule has 0 aliphatic rings. The van der Waals surface area contributed by atoms with Crippen LogP contribution in [0, 0.1) is 5.82 Å². The molecule has 3 heteroatoms. The van der Waals surface area contributed by atoms with Crippen LogP contribution in [0.5, 0.6) is 0 Å². The van der Waals surface area contributed by atoms with Gasteiger partial charge >= 0.3 is 118 Å². The van der Waals surface area contributed by atoms with Crippen LogP contribution in [0.1, 0.15) is 5.56 Å². The number of benzene rings is 2. The van der Waals surface area contributed by atoms with E-state index in [0.29, 0.717) is 0 Å². The van der Waals surface area contributed by atoms with Crippen molar-refractivity contribution in [2.75, 3.05) is 0 Å². The fraction of sp³-hybridized carbons (Fsp3) is 0.0625. The molecule has 0 radical (unpaired) electrons. The third-order valence-corrected chi connectivity index (χ3v) is 5.63. The summed E-state index contributed by atoms with van der Waals surface area (Å²) in [6.45, 7) is 0. The molecule has 1 unspecified atom stereocenters. The number of para-hydroxylation sites is 1. The van der Waals surface area contributed by atoms with Crippen molar-refractivity contribution in [3.05, 3.63) is 72.2 Å². The van der Waals surface area contributed by atoms with Crippen molar-refractivity contribution < 1.29 is 4.39 Å². The van der Waals surface area contributed by atoms with Gasteiger partial charge in [-0.25, -0.2) is 0 Å².